The zero-order valence-electron chi connectivity index (χ0n) is 13.2. The summed E-state index contributed by atoms with van der Waals surface area (Å²) in [5.74, 6) is -0.183. The van der Waals surface area contributed by atoms with Crippen molar-refractivity contribution < 1.29 is 9.59 Å². The molecular formula is C19H21NO2. The molecule has 1 aromatic carbocycles. The number of benzene rings is 1. The van der Waals surface area contributed by atoms with Crippen LogP contribution in [0.1, 0.15) is 31.1 Å². The summed E-state index contributed by atoms with van der Waals surface area (Å²) >= 11 is 0. The van der Waals surface area contributed by atoms with E-state index in [1.54, 1.807) is 11.0 Å². The van der Waals surface area contributed by atoms with Crippen molar-refractivity contribution in [1.82, 2.24) is 4.90 Å². The summed E-state index contributed by atoms with van der Waals surface area (Å²) in [5, 5.41) is 0. The number of amides is 1. The number of nitrogens with zero attached hydrogens (tertiary/aromatic N) is 1. The molecule has 1 aliphatic rings. The number of carbonyl (C=O) groups is 2. The number of rotatable bonds is 5. The Morgan fingerprint density at radius 2 is 1.95 bits per heavy atom. The molecule has 1 aromatic rings. The molecule has 1 aliphatic heterocycles. The minimum atomic E-state index is -0.238. The van der Waals surface area contributed by atoms with Gasteiger partial charge in [0.1, 0.15) is 0 Å². The van der Waals surface area contributed by atoms with Gasteiger partial charge in [0.15, 0.2) is 5.78 Å². The van der Waals surface area contributed by atoms with Crippen LogP contribution in [0.25, 0.3) is 0 Å². The van der Waals surface area contributed by atoms with Crippen LogP contribution in [0.15, 0.2) is 66.4 Å². The Bertz CT molecular complexity index is 641. The predicted molar refractivity (Wildman–Crippen MR) is 88.3 cm³/mol. The van der Waals surface area contributed by atoms with Crippen LogP contribution in [0, 0.1) is 5.92 Å². The molecule has 1 heterocycles. The molecule has 0 aliphatic carbocycles. The van der Waals surface area contributed by atoms with Crippen LogP contribution in [-0.2, 0) is 4.79 Å². The zero-order chi connectivity index (χ0) is 16.1. The van der Waals surface area contributed by atoms with Crippen molar-refractivity contribution in [2.24, 2.45) is 5.92 Å². The summed E-state index contributed by atoms with van der Waals surface area (Å²) in [5.41, 5.74) is 1.52. The molecule has 0 spiro atoms. The van der Waals surface area contributed by atoms with Crippen LogP contribution < -0.4 is 0 Å². The van der Waals surface area contributed by atoms with Crippen molar-refractivity contribution in [1.29, 1.82) is 0 Å². The Balaban J connectivity index is 2.10. The first-order chi connectivity index (χ1) is 10.5. The van der Waals surface area contributed by atoms with Crippen LogP contribution >= 0.6 is 0 Å². The lowest BCUT2D eigenvalue weighted by Crippen LogP contribution is -2.30. The first-order valence-corrected chi connectivity index (χ1v) is 7.49. The summed E-state index contributed by atoms with van der Waals surface area (Å²) in [4.78, 5) is 25.9. The Morgan fingerprint density at radius 1 is 1.27 bits per heavy atom. The normalized spacial score (nSPS) is 20.0. The molecule has 0 radical (unpaired) electrons. The molecule has 2 unspecified atom stereocenters. The van der Waals surface area contributed by atoms with Crippen LogP contribution in [0.2, 0.25) is 0 Å². The van der Waals surface area contributed by atoms with E-state index in [1.807, 2.05) is 75.4 Å². The van der Waals surface area contributed by atoms with Crippen molar-refractivity contribution in [3.63, 3.8) is 0 Å². The molecule has 3 nitrogen and oxygen atoms in total. The van der Waals surface area contributed by atoms with E-state index in [0.29, 0.717) is 5.56 Å². The van der Waals surface area contributed by atoms with Gasteiger partial charge in [0, 0.05) is 23.3 Å². The van der Waals surface area contributed by atoms with Gasteiger partial charge in [0.05, 0.1) is 6.04 Å². The van der Waals surface area contributed by atoms with Gasteiger partial charge < -0.3 is 4.90 Å². The van der Waals surface area contributed by atoms with Gasteiger partial charge >= 0.3 is 0 Å². The van der Waals surface area contributed by atoms with Gasteiger partial charge in [-0.2, -0.15) is 0 Å². The highest BCUT2D eigenvalue weighted by Crippen LogP contribution is 2.19. The topological polar surface area (TPSA) is 37.4 Å². The number of hydrogen-bond acceptors (Lipinski definition) is 2. The van der Waals surface area contributed by atoms with Gasteiger partial charge in [-0.15, -0.1) is 0 Å². The largest absolute Gasteiger partial charge is 0.303 e. The molecule has 22 heavy (non-hydrogen) atoms. The Morgan fingerprint density at radius 3 is 2.50 bits per heavy atom. The lowest BCUT2D eigenvalue weighted by atomic mass is 9.98. The number of carbonyl (C=O) groups excluding carboxylic acids is 2. The highest BCUT2D eigenvalue weighted by molar-refractivity contribution is 5.98. The van der Waals surface area contributed by atoms with E-state index in [1.165, 1.54) is 0 Å². The molecule has 0 aromatic heterocycles. The monoisotopic (exact) mass is 295 g/mol. The third-order valence-corrected chi connectivity index (χ3v) is 3.76. The van der Waals surface area contributed by atoms with E-state index in [2.05, 4.69) is 0 Å². The molecule has 114 valence electrons. The summed E-state index contributed by atoms with van der Waals surface area (Å²) in [6.07, 6.45) is 9.05. The highest BCUT2D eigenvalue weighted by atomic mass is 16.2. The van der Waals surface area contributed by atoms with Crippen molar-refractivity contribution in [2.75, 3.05) is 0 Å². The first-order valence-electron chi connectivity index (χ1n) is 7.49. The molecular weight excluding hydrogens is 274 g/mol. The number of ketones is 1. The van der Waals surface area contributed by atoms with Crippen molar-refractivity contribution in [3.8, 4) is 0 Å². The van der Waals surface area contributed by atoms with Crippen LogP contribution in [0.4, 0.5) is 0 Å². The zero-order valence-corrected chi connectivity index (χ0v) is 13.2. The second kappa shape index (κ2) is 7.03. The van der Waals surface area contributed by atoms with Crippen molar-refractivity contribution >= 4 is 11.7 Å². The lowest BCUT2D eigenvalue weighted by molar-refractivity contribution is -0.123. The molecule has 0 bridgehead atoms. The SMILES string of the molecule is C/C=C(\C=C/C(C)C(=O)c1ccccc1)N1C(=O)C=CC1C. The van der Waals surface area contributed by atoms with E-state index in [9.17, 15) is 9.59 Å². The quantitative estimate of drug-likeness (QED) is 0.613. The molecule has 2 rings (SSSR count). The number of Topliss-reactive ketones (excluding diaryl/α,β-unsaturated/α-hetero) is 1. The lowest BCUT2D eigenvalue weighted by Gasteiger charge is -2.22. The molecule has 0 fully saturated rings. The van der Waals surface area contributed by atoms with Gasteiger partial charge in [-0.05, 0) is 19.9 Å². The fraction of sp³-hybridized carbons (Fsp3) is 0.263. The maximum Gasteiger partial charge on any atom is 0.251 e. The molecule has 3 heteroatoms. The van der Waals surface area contributed by atoms with E-state index in [0.717, 1.165) is 5.70 Å². The van der Waals surface area contributed by atoms with Crippen LogP contribution in [0.3, 0.4) is 0 Å². The molecule has 2 atom stereocenters. The van der Waals surface area contributed by atoms with E-state index in [4.69, 9.17) is 0 Å². The van der Waals surface area contributed by atoms with E-state index < -0.39 is 0 Å². The maximum atomic E-state index is 12.3. The molecule has 1 amide bonds. The highest BCUT2D eigenvalue weighted by Gasteiger charge is 2.24. The summed E-state index contributed by atoms with van der Waals surface area (Å²) in [6, 6.07) is 9.29. The first kappa shape index (κ1) is 16.0. The maximum absolute atomic E-state index is 12.3. The fourth-order valence-corrected chi connectivity index (χ4v) is 2.46. The smallest absolute Gasteiger partial charge is 0.251 e. The van der Waals surface area contributed by atoms with E-state index >= 15 is 0 Å². The molecule has 0 saturated heterocycles. The summed E-state index contributed by atoms with van der Waals surface area (Å²) in [6.45, 7) is 5.73. The van der Waals surface area contributed by atoms with Crippen molar-refractivity contribution in [3.05, 3.63) is 72.0 Å². The molecule has 0 N–H and O–H groups in total. The van der Waals surface area contributed by atoms with Gasteiger partial charge in [-0.25, -0.2) is 0 Å². The number of hydrogen-bond donors (Lipinski definition) is 0. The third-order valence-electron chi connectivity index (χ3n) is 3.76. The van der Waals surface area contributed by atoms with Gasteiger partial charge in [-0.1, -0.05) is 55.5 Å². The summed E-state index contributed by atoms with van der Waals surface area (Å²) < 4.78 is 0. The standard InChI is InChI=1S/C19H21NO2/c1-4-17(20-15(3)11-13-18(20)21)12-10-14(2)19(22)16-8-6-5-7-9-16/h4-15H,1-3H3/b12-10-,17-4+. The van der Waals surface area contributed by atoms with Crippen LogP contribution in [-0.4, -0.2) is 22.6 Å². The minimum Gasteiger partial charge on any atom is -0.303 e. The van der Waals surface area contributed by atoms with E-state index in [-0.39, 0.29) is 23.7 Å². The average Bonchev–Trinajstić information content (AvgIpc) is 2.87. The second-order valence-electron chi connectivity index (χ2n) is 5.40. The predicted octanol–water partition coefficient (Wildman–Crippen LogP) is 3.75. The Labute approximate surface area is 131 Å². The molecule has 0 saturated carbocycles. The Kier molecular flexibility index (Phi) is 5.10. The van der Waals surface area contributed by atoms with Crippen LogP contribution in [0.5, 0.6) is 0 Å². The average molecular weight is 295 g/mol. The van der Waals surface area contributed by atoms with Gasteiger partial charge in [-0.3, -0.25) is 9.59 Å². The fourth-order valence-electron chi connectivity index (χ4n) is 2.46. The van der Waals surface area contributed by atoms with Gasteiger partial charge in [0.25, 0.3) is 5.91 Å². The summed E-state index contributed by atoms with van der Waals surface area (Å²) in [7, 11) is 0. The second-order valence-corrected chi connectivity index (χ2v) is 5.40. The van der Waals surface area contributed by atoms with Gasteiger partial charge in [0.2, 0.25) is 0 Å². The number of allylic oxidation sites excluding steroid dienone is 3. The third kappa shape index (κ3) is 3.42. The minimum absolute atomic E-state index is 0.0210. The van der Waals surface area contributed by atoms with Crippen molar-refractivity contribution in [2.45, 2.75) is 26.8 Å². The Hall–Kier alpha value is -2.42.